The normalized spacial score (nSPS) is 31.7. The molecule has 19 heavy (non-hydrogen) atoms. The SMILES string of the molecule is CC(C1CCCCC1)(C1CCCCC1)C1CCCO1. The summed E-state index contributed by atoms with van der Waals surface area (Å²) in [7, 11) is 0. The zero-order valence-corrected chi connectivity index (χ0v) is 12.8. The Bertz CT molecular complexity index is 249. The molecule has 3 rings (SSSR count). The Labute approximate surface area is 119 Å². The van der Waals surface area contributed by atoms with Crippen molar-refractivity contribution in [2.45, 2.75) is 90.1 Å². The molecule has 0 bridgehead atoms. The first-order valence-electron chi connectivity index (χ1n) is 8.93. The van der Waals surface area contributed by atoms with E-state index in [4.69, 9.17) is 4.74 Å². The molecule has 1 atom stereocenters. The average Bonchev–Trinajstić information content (AvgIpc) is 3.03. The highest BCUT2D eigenvalue weighted by Gasteiger charge is 2.48. The number of hydrogen-bond acceptors (Lipinski definition) is 1. The van der Waals surface area contributed by atoms with E-state index in [1.54, 1.807) is 0 Å². The van der Waals surface area contributed by atoms with Crippen LogP contribution in [0.4, 0.5) is 0 Å². The maximum absolute atomic E-state index is 6.22. The maximum atomic E-state index is 6.22. The molecule has 1 heterocycles. The molecule has 2 saturated carbocycles. The van der Waals surface area contributed by atoms with Crippen LogP contribution in [0.25, 0.3) is 0 Å². The Hall–Kier alpha value is -0.0400. The molecule has 1 aliphatic heterocycles. The fourth-order valence-electron chi connectivity index (χ4n) is 5.38. The molecule has 1 saturated heterocycles. The number of hydrogen-bond donors (Lipinski definition) is 0. The molecule has 1 heteroatoms. The largest absolute Gasteiger partial charge is 0.378 e. The van der Waals surface area contributed by atoms with Crippen LogP contribution in [0.15, 0.2) is 0 Å². The Kier molecular flexibility index (Phi) is 4.51. The summed E-state index contributed by atoms with van der Waals surface area (Å²) in [6.07, 6.45) is 18.0. The highest BCUT2D eigenvalue weighted by molar-refractivity contribution is 4.97. The van der Waals surface area contributed by atoms with Crippen molar-refractivity contribution in [3.05, 3.63) is 0 Å². The average molecular weight is 264 g/mol. The van der Waals surface area contributed by atoms with Crippen LogP contribution in [0, 0.1) is 17.3 Å². The van der Waals surface area contributed by atoms with E-state index in [0.717, 1.165) is 18.4 Å². The van der Waals surface area contributed by atoms with Crippen molar-refractivity contribution >= 4 is 0 Å². The van der Waals surface area contributed by atoms with Crippen molar-refractivity contribution in [2.24, 2.45) is 17.3 Å². The lowest BCUT2D eigenvalue weighted by Crippen LogP contribution is -2.46. The third-order valence-electron chi connectivity index (χ3n) is 6.59. The van der Waals surface area contributed by atoms with Crippen LogP contribution in [0.2, 0.25) is 0 Å². The Morgan fingerprint density at radius 1 is 0.684 bits per heavy atom. The van der Waals surface area contributed by atoms with E-state index >= 15 is 0 Å². The van der Waals surface area contributed by atoms with Crippen LogP contribution in [0.5, 0.6) is 0 Å². The topological polar surface area (TPSA) is 9.23 Å². The van der Waals surface area contributed by atoms with Gasteiger partial charge in [0.1, 0.15) is 0 Å². The van der Waals surface area contributed by atoms with Gasteiger partial charge in [-0.2, -0.15) is 0 Å². The smallest absolute Gasteiger partial charge is 0.0634 e. The van der Waals surface area contributed by atoms with Gasteiger partial charge in [0.2, 0.25) is 0 Å². The summed E-state index contributed by atoms with van der Waals surface area (Å²) in [5, 5.41) is 0. The molecule has 0 radical (unpaired) electrons. The summed E-state index contributed by atoms with van der Waals surface area (Å²) in [4.78, 5) is 0. The Balaban J connectivity index is 1.79. The van der Waals surface area contributed by atoms with Crippen molar-refractivity contribution in [3.8, 4) is 0 Å². The Morgan fingerprint density at radius 3 is 1.63 bits per heavy atom. The lowest BCUT2D eigenvalue weighted by atomic mass is 9.57. The summed E-state index contributed by atoms with van der Waals surface area (Å²) in [5.74, 6) is 1.90. The molecule has 3 fully saturated rings. The van der Waals surface area contributed by atoms with E-state index in [1.807, 2.05) is 0 Å². The number of rotatable bonds is 3. The van der Waals surface area contributed by atoms with Gasteiger partial charge in [-0.3, -0.25) is 0 Å². The van der Waals surface area contributed by atoms with Gasteiger partial charge in [-0.25, -0.2) is 0 Å². The van der Waals surface area contributed by atoms with E-state index in [-0.39, 0.29) is 0 Å². The van der Waals surface area contributed by atoms with Crippen molar-refractivity contribution in [3.63, 3.8) is 0 Å². The van der Waals surface area contributed by atoms with Crippen molar-refractivity contribution in [1.29, 1.82) is 0 Å². The van der Waals surface area contributed by atoms with E-state index in [9.17, 15) is 0 Å². The number of ether oxygens (including phenoxy) is 1. The molecule has 3 aliphatic rings. The van der Waals surface area contributed by atoms with Crippen LogP contribution in [-0.2, 0) is 4.74 Å². The molecular formula is C18H32O. The predicted molar refractivity (Wildman–Crippen MR) is 80.2 cm³/mol. The molecule has 0 amide bonds. The summed E-state index contributed by atoms with van der Waals surface area (Å²) >= 11 is 0. The summed E-state index contributed by atoms with van der Waals surface area (Å²) < 4.78 is 6.22. The summed E-state index contributed by atoms with van der Waals surface area (Å²) in [6, 6.07) is 0. The molecule has 2 aliphatic carbocycles. The van der Waals surface area contributed by atoms with Gasteiger partial charge in [-0.1, -0.05) is 45.4 Å². The van der Waals surface area contributed by atoms with E-state index in [0.29, 0.717) is 11.5 Å². The van der Waals surface area contributed by atoms with E-state index in [1.165, 1.54) is 77.0 Å². The zero-order valence-electron chi connectivity index (χ0n) is 12.8. The van der Waals surface area contributed by atoms with Crippen LogP contribution in [0.3, 0.4) is 0 Å². The first kappa shape index (κ1) is 13.9. The van der Waals surface area contributed by atoms with Crippen LogP contribution < -0.4 is 0 Å². The van der Waals surface area contributed by atoms with Gasteiger partial charge in [0.25, 0.3) is 0 Å². The van der Waals surface area contributed by atoms with Gasteiger partial charge in [0.15, 0.2) is 0 Å². The van der Waals surface area contributed by atoms with Gasteiger partial charge >= 0.3 is 0 Å². The minimum Gasteiger partial charge on any atom is -0.378 e. The van der Waals surface area contributed by atoms with Gasteiger partial charge in [-0.15, -0.1) is 0 Å². The molecule has 1 nitrogen and oxygen atoms in total. The Morgan fingerprint density at radius 2 is 1.21 bits per heavy atom. The first-order valence-corrected chi connectivity index (χ1v) is 8.93. The van der Waals surface area contributed by atoms with Gasteiger partial charge in [0, 0.05) is 6.61 Å². The van der Waals surface area contributed by atoms with E-state index in [2.05, 4.69) is 6.92 Å². The van der Waals surface area contributed by atoms with Crippen LogP contribution >= 0.6 is 0 Å². The predicted octanol–water partition coefficient (Wildman–Crippen LogP) is 5.33. The van der Waals surface area contributed by atoms with Gasteiger partial charge in [0.05, 0.1) is 6.10 Å². The molecule has 0 aromatic heterocycles. The van der Waals surface area contributed by atoms with Gasteiger partial charge < -0.3 is 4.74 Å². The fourth-order valence-corrected chi connectivity index (χ4v) is 5.38. The lowest BCUT2D eigenvalue weighted by Gasteiger charge is -2.50. The highest BCUT2D eigenvalue weighted by Crippen LogP contribution is 2.53. The van der Waals surface area contributed by atoms with E-state index < -0.39 is 0 Å². The van der Waals surface area contributed by atoms with Crippen LogP contribution in [0.1, 0.15) is 84.0 Å². The van der Waals surface area contributed by atoms with Crippen LogP contribution in [-0.4, -0.2) is 12.7 Å². The minimum atomic E-state index is 0.497. The molecule has 0 aromatic carbocycles. The zero-order chi connectivity index (χ0) is 13.1. The fraction of sp³-hybridized carbons (Fsp3) is 1.00. The molecular weight excluding hydrogens is 232 g/mol. The van der Waals surface area contributed by atoms with Gasteiger partial charge in [-0.05, 0) is 55.8 Å². The van der Waals surface area contributed by atoms with Crippen molar-refractivity contribution < 1.29 is 4.74 Å². The third-order valence-corrected chi connectivity index (χ3v) is 6.59. The maximum Gasteiger partial charge on any atom is 0.0634 e. The minimum absolute atomic E-state index is 0.497. The molecule has 1 unspecified atom stereocenters. The summed E-state index contributed by atoms with van der Waals surface area (Å²) in [6.45, 7) is 3.65. The van der Waals surface area contributed by atoms with Crippen molar-refractivity contribution in [2.75, 3.05) is 6.61 Å². The standard InChI is InChI=1S/C18H32O/c1-18(17-13-8-14-19-17,15-9-4-2-5-10-15)16-11-6-3-7-12-16/h15-17H,2-14H2,1H3. The second-order valence-electron chi connectivity index (χ2n) is 7.54. The molecule has 0 N–H and O–H groups in total. The second kappa shape index (κ2) is 6.16. The lowest BCUT2D eigenvalue weighted by molar-refractivity contribution is -0.0837. The van der Waals surface area contributed by atoms with Crippen molar-refractivity contribution in [1.82, 2.24) is 0 Å². The molecule has 0 spiro atoms. The molecule has 110 valence electrons. The highest BCUT2D eigenvalue weighted by atomic mass is 16.5. The first-order chi connectivity index (χ1) is 9.32. The quantitative estimate of drug-likeness (QED) is 0.669. The third kappa shape index (κ3) is 2.73. The monoisotopic (exact) mass is 264 g/mol. The summed E-state index contributed by atoms with van der Waals surface area (Å²) in [5.41, 5.74) is 0.497. The second-order valence-corrected chi connectivity index (χ2v) is 7.54. The molecule has 0 aromatic rings.